The van der Waals surface area contributed by atoms with Crippen molar-refractivity contribution < 1.29 is 22.2 Å². The van der Waals surface area contributed by atoms with Gasteiger partial charge in [0.15, 0.2) is 0 Å². The average molecular weight is 310 g/mol. The fraction of sp³-hybridized carbons (Fsp3) is 1.00. The molecule has 0 bridgehead atoms. The maximum absolute atomic E-state index is 8.74. The minimum Gasteiger partial charge on any atom is -0.269 e. The normalized spacial score (nSPS) is 10.4. The van der Waals surface area contributed by atoms with Gasteiger partial charge in [-0.05, 0) is 0 Å². The predicted molar refractivity (Wildman–Crippen MR) is 79.1 cm³/mol. The summed E-state index contributed by atoms with van der Waals surface area (Å²) < 4.78 is 33.1. The molecule has 0 heterocycles. The average Bonchev–Trinajstić information content (AvgIpc) is 2.25. The third kappa shape index (κ3) is 45.5. The Morgan fingerprint density at radius 3 is 1.32 bits per heavy atom. The van der Waals surface area contributed by atoms with E-state index in [-0.39, 0.29) is 4.70 Å². The largest absolute Gasteiger partial charge is 0.394 e. The minimum atomic E-state index is -4.67. The molecule has 0 fully saturated rings. The van der Waals surface area contributed by atoms with Gasteiger partial charge in [0.1, 0.15) is 0 Å². The smallest absolute Gasteiger partial charge is 0.269 e. The molecule has 0 aromatic rings. The minimum absolute atomic E-state index is 0. The van der Waals surface area contributed by atoms with E-state index in [1.54, 1.807) is 0 Å². The van der Waals surface area contributed by atoms with Gasteiger partial charge in [0.05, 0.1) is 0 Å². The van der Waals surface area contributed by atoms with Crippen molar-refractivity contribution in [1.82, 2.24) is 0 Å². The van der Waals surface area contributed by atoms with Gasteiger partial charge in [-0.25, -0.2) is 0 Å². The van der Waals surface area contributed by atoms with Crippen molar-refractivity contribution in [3.05, 3.63) is 0 Å². The van der Waals surface area contributed by atoms with Crippen molar-refractivity contribution in [3.8, 4) is 0 Å². The maximum atomic E-state index is 8.74. The first kappa shape index (κ1) is 24.8. The maximum Gasteiger partial charge on any atom is 0.394 e. The van der Waals surface area contributed by atoms with Crippen LogP contribution >= 0.6 is 0 Å². The number of rotatable bonds is 10. The van der Waals surface area contributed by atoms with E-state index in [2.05, 4.69) is 6.92 Å². The van der Waals surface area contributed by atoms with Crippen LogP contribution in [0.4, 0.5) is 4.70 Å². The van der Waals surface area contributed by atoms with E-state index < -0.39 is 10.4 Å². The molecule has 0 aliphatic heterocycles. The Kier molecular flexibility index (Phi) is 24.5. The number of hydrogen-bond acceptors (Lipinski definition) is 2. The Bertz CT molecular complexity index is 230. The van der Waals surface area contributed by atoms with Crippen molar-refractivity contribution >= 4 is 38.3 Å². The summed E-state index contributed by atoms with van der Waals surface area (Å²) >= 11 is 1.41. The van der Waals surface area contributed by atoms with Crippen LogP contribution in [0.15, 0.2) is 0 Å². The van der Waals surface area contributed by atoms with Crippen LogP contribution in [0, 0.1) is 0 Å². The van der Waals surface area contributed by atoms with Gasteiger partial charge < -0.3 is 0 Å². The fourth-order valence-electron chi connectivity index (χ4n) is 1.74. The topological polar surface area (TPSA) is 74.6 Å². The van der Waals surface area contributed by atoms with Gasteiger partial charge in [0, 0.05) is 0 Å². The first-order valence-electron chi connectivity index (χ1n) is 7.11. The molecule has 0 amide bonds. The molecule has 7 heteroatoms. The zero-order valence-corrected chi connectivity index (χ0v) is 15.1. The molecule has 0 radical (unpaired) electrons. The number of halogens is 1. The van der Waals surface area contributed by atoms with Crippen molar-refractivity contribution in [1.29, 1.82) is 0 Å². The summed E-state index contributed by atoms with van der Waals surface area (Å²) in [5.74, 6) is 0. The number of hydrogen-bond donors (Lipinski definition) is 2. The van der Waals surface area contributed by atoms with Crippen LogP contribution in [0.1, 0.15) is 71.1 Å². The number of unbranched alkanes of at least 4 members (excludes halogenated alkanes) is 9. The first-order chi connectivity index (χ1) is 8.41. The van der Waals surface area contributed by atoms with Crippen LogP contribution < -0.4 is 0 Å². The molecule has 0 spiro atoms. The van der Waals surface area contributed by atoms with Gasteiger partial charge in [-0.2, -0.15) is 8.42 Å². The first-order valence-corrected chi connectivity index (χ1v) is 9.92. The second-order valence-corrected chi connectivity index (χ2v) is 6.53. The van der Waals surface area contributed by atoms with E-state index in [0.29, 0.717) is 0 Å². The molecule has 2 N–H and O–H groups in total. The summed E-state index contributed by atoms with van der Waals surface area (Å²) in [5.41, 5.74) is 0. The molecule has 0 aromatic heterocycles. The van der Waals surface area contributed by atoms with Crippen LogP contribution in [0.25, 0.3) is 0 Å². The molecule has 0 atom stereocenters. The fourth-order valence-corrected chi connectivity index (χ4v) is 2.24. The van der Waals surface area contributed by atoms with Crippen LogP contribution in [-0.2, 0) is 10.4 Å². The quantitative estimate of drug-likeness (QED) is 0.363. The summed E-state index contributed by atoms with van der Waals surface area (Å²) in [4.78, 5) is 0. The van der Waals surface area contributed by atoms with E-state index >= 15 is 0 Å². The SMILES string of the molecule is CCCCCCCCCCC[CH2][Na].F.O=S(=O)(O)O. The Labute approximate surface area is 135 Å². The van der Waals surface area contributed by atoms with E-state index in [0.717, 1.165) is 0 Å². The molecule has 0 aliphatic carbocycles. The summed E-state index contributed by atoms with van der Waals surface area (Å²) in [6.45, 7) is 2.29. The summed E-state index contributed by atoms with van der Waals surface area (Å²) in [5, 5.41) is 0. The zero-order valence-electron chi connectivity index (χ0n) is 12.3. The summed E-state index contributed by atoms with van der Waals surface area (Å²) in [6.07, 6.45) is 14.7. The standard InChI is InChI=1S/C12H25.FH.Na.H2O4S/c1-3-5-7-9-11-12-10-8-6-4-2;;;1-5(2,3)4/h1,3-12H2,2H3;1H;;(H2,1,2,3,4). The van der Waals surface area contributed by atoms with Crippen LogP contribution in [0.3, 0.4) is 0 Å². The third-order valence-corrected chi connectivity index (χ3v) is 3.41. The Hall–Kier alpha value is 0.800. The van der Waals surface area contributed by atoms with Crippen molar-refractivity contribution in [2.75, 3.05) is 0 Å². The second kappa shape index (κ2) is 18.8. The molecule has 0 saturated heterocycles. The summed E-state index contributed by atoms with van der Waals surface area (Å²) in [7, 11) is -4.67. The van der Waals surface area contributed by atoms with Crippen molar-refractivity contribution in [3.63, 3.8) is 0 Å². The van der Waals surface area contributed by atoms with Gasteiger partial charge in [-0.1, -0.05) is 0 Å². The van der Waals surface area contributed by atoms with Crippen LogP contribution in [0.2, 0.25) is 3.67 Å². The van der Waals surface area contributed by atoms with Gasteiger partial charge in [-0.15, -0.1) is 0 Å². The van der Waals surface area contributed by atoms with Crippen LogP contribution in [0.5, 0.6) is 0 Å². The van der Waals surface area contributed by atoms with Gasteiger partial charge in [-0.3, -0.25) is 13.8 Å². The molecule has 0 rings (SSSR count). The second-order valence-electron chi connectivity index (χ2n) is 4.63. The van der Waals surface area contributed by atoms with E-state index in [4.69, 9.17) is 17.5 Å². The molecule has 19 heavy (non-hydrogen) atoms. The molecular formula is C12H28FNaO4S. The molecule has 0 unspecified atom stereocenters. The van der Waals surface area contributed by atoms with Crippen molar-refractivity contribution in [2.45, 2.75) is 74.8 Å². The van der Waals surface area contributed by atoms with Crippen molar-refractivity contribution in [2.24, 2.45) is 0 Å². The monoisotopic (exact) mass is 310 g/mol. The Morgan fingerprint density at radius 2 is 1.05 bits per heavy atom. The molecule has 0 aliphatic rings. The van der Waals surface area contributed by atoms with E-state index in [1.807, 2.05) is 0 Å². The third-order valence-electron chi connectivity index (χ3n) is 2.71. The Morgan fingerprint density at radius 1 is 0.789 bits per heavy atom. The van der Waals surface area contributed by atoms with Gasteiger partial charge >= 0.3 is 113 Å². The van der Waals surface area contributed by atoms with Crippen LogP contribution in [-0.4, -0.2) is 45.5 Å². The Balaban J connectivity index is -0.000000366. The molecule has 4 nitrogen and oxygen atoms in total. The molecule has 0 aromatic carbocycles. The van der Waals surface area contributed by atoms with Gasteiger partial charge in [0.2, 0.25) is 0 Å². The van der Waals surface area contributed by atoms with Gasteiger partial charge in [0.25, 0.3) is 0 Å². The molecule has 0 saturated carbocycles. The summed E-state index contributed by atoms with van der Waals surface area (Å²) in [6, 6.07) is 0. The molecule has 114 valence electrons. The predicted octanol–water partition coefficient (Wildman–Crippen LogP) is 3.99. The zero-order chi connectivity index (χ0) is 14.3. The van der Waals surface area contributed by atoms with E-state index in [9.17, 15) is 0 Å². The van der Waals surface area contributed by atoms with E-state index in [1.165, 1.54) is 95.8 Å². The molecular weight excluding hydrogens is 282 g/mol.